The molecule has 3 heterocycles. The van der Waals surface area contributed by atoms with Crippen molar-refractivity contribution in [3.8, 4) is 0 Å². The highest BCUT2D eigenvalue weighted by Gasteiger charge is 2.41. The number of piperazine rings is 1. The minimum Gasteiger partial charge on any atom is -0.356 e. The first-order valence-electron chi connectivity index (χ1n) is 8.31. The van der Waals surface area contributed by atoms with E-state index in [0.29, 0.717) is 38.2 Å². The molecular formula is C15H23ClN6O2. The van der Waals surface area contributed by atoms with E-state index in [1.54, 1.807) is 0 Å². The van der Waals surface area contributed by atoms with Crippen LogP contribution in [0.2, 0.25) is 5.28 Å². The number of nitrogens with one attached hydrogen (secondary N) is 2. The van der Waals surface area contributed by atoms with Gasteiger partial charge in [-0.3, -0.25) is 19.6 Å². The molecule has 1 spiro atoms. The van der Waals surface area contributed by atoms with Gasteiger partial charge in [0.05, 0.1) is 0 Å². The summed E-state index contributed by atoms with van der Waals surface area (Å²) in [7, 11) is 2.09. The van der Waals surface area contributed by atoms with Crippen molar-refractivity contribution in [1.29, 1.82) is 0 Å². The molecule has 0 bridgehead atoms. The molecule has 9 heteroatoms. The lowest BCUT2D eigenvalue weighted by atomic mass is 9.86. The van der Waals surface area contributed by atoms with Gasteiger partial charge < -0.3 is 10.2 Å². The number of nitrogens with zero attached hydrogens (tertiary/aromatic N) is 4. The Morgan fingerprint density at radius 2 is 2.21 bits per heavy atom. The largest absolute Gasteiger partial charge is 0.356 e. The zero-order chi connectivity index (χ0) is 17.2. The fraction of sp³-hybridized carbons (Fsp3) is 0.733. The average Bonchev–Trinajstić information content (AvgIpc) is 2.89. The Hall–Kier alpha value is -1.67. The molecule has 1 atom stereocenters. The number of aromatic nitrogens is 3. The fourth-order valence-electron chi connectivity index (χ4n) is 3.58. The first-order valence-corrected chi connectivity index (χ1v) is 8.69. The molecule has 3 rings (SSSR count). The summed E-state index contributed by atoms with van der Waals surface area (Å²) in [5, 5.41) is 9.59. The standard InChI is InChI=1S/C15H23ClN6O2/c1-21-8-9-22(10-15(21)5-4-12(23)17-7-6-15)13(24)3-2-11-18-14(16)20-19-11/h2-10H2,1H3,(H,17,23)(H,18,19,20)/t15-/m0/s1. The van der Waals surface area contributed by atoms with Crippen LogP contribution in [0.25, 0.3) is 0 Å². The second-order valence-electron chi connectivity index (χ2n) is 6.61. The quantitative estimate of drug-likeness (QED) is 0.809. The third kappa shape index (κ3) is 3.70. The maximum Gasteiger partial charge on any atom is 0.242 e. The molecule has 0 aliphatic carbocycles. The van der Waals surface area contributed by atoms with Gasteiger partial charge in [0.15, 0.2) is 0 Å². The molecule has 132 valence electrons. The predicted molar refractivity (Wildman–Crippen MR) is 88.5 cm³/mol. The number of hydrogen-bond donors (Lipinski definition) is 2. The second-order valence-corrected chi connectivity index (χ2v) is 6.95. The Kier molecular flexibility index (Phi) is 5.05. The number of likely N-dealkylation sites (N-methyl/N-ethyl adjacent to an activating group) is 1. The number of amides is 2. The van der Waals surface area contributed by atoms with E-state index < -0.39 is 0 Å². The highest BCUT2D eigenvalue weighted by molar-refractivity contribution is 6.28. The molecule has 0 saturated carbocycles. The van der Waals surface area contributed by atoms with Crippen LogP contribution in [0.3, 0.4) is 0 Å². The van der Waals surface area contributed by atoms with Gasteiger partial charge in [0.1, 0.15) is 5.82 Å². The van der Waals surface area contributed by atoms with Crippen LogP contribution in [-0.4, -0.2) is 75.6 Å². The van der Waals surface area contributed by atoms with Crippen molar-refractivity contribution >= 4 is 23.4 Å². The van der Waals surface area contributed by atoms with E-state index in [-0.39, 0.29) is 22.6 Å². The van der Waals surface area contributed by atoms with Gasteiger partial charge in [-0.25, -0.2) is 4.98 Å². The van der Waals surface area contributed by atoms with E-state index in [9.17, 15) is 9.59 Å². The molecule has 2 saturated heterocycles. The van der Waals surface area contributed by atoms with Crippen LogP contribution in [-0.2, 0) is 16.0 Å². The van der Waals surface area contributed by atoms with Gasteiger partial charge in [-0.15, -0.1) is 5.10 Å². The lowest BCUT2D eigenvalue weighted by Crippen LogP contribution is -2.62. The van der Waals surface area contributed by atoms with Gasteiger partial charge in [0.2, 0.25) is 17.1 Å². The third-order valence-electron chi connectivity index (χ3n) is 5.16. The number of carbonyl (C=O) groups excluding carboxylic acids is 2. The van der Waals surface area contributed by atoms with E-state index >= 15 is 0 Å². The SMILES string of the molecule is CN1CCN(C(=O)CCc2nc(Cl)n[nH]2)C[C@]12CCNC(=O)CC2. The number of aromatic amines is 1. The van der Waals surface area contributed by atoms with Crippen molar-refractivity contribution in [2.24, 2.45) is 0 Å². The van der Waals surface area contributed by atoms with Crippen molar-refractivity contribution in [3.05, 3.63) is 11.1 Å². The Morgan fingerprint density at radius 1 is 1.38 bits per heavy atom. The third-order valence-corrected chi connectivity index (χ3v) is 5.33. The Labute approximate surface area is 145 Å². The molecular weight excluding hydrogens is 332 g/mol. The normalized spacial score (nSPS) is 25.6. The summed E-state index contributed by atoms with van der Waals surface area (Å²) >= 11 is 5.68. The summed E-state index contributed by atoms with van der Waals surface area (Å²) in [6, 6.07) is 0. The molecule has 0 radical (unpaired) electrons. The molecule has 24 heavy (non-hydrogen) atoms. The zero-order valence-corrected chi connectivity index (χ0v) is 14.6. The molecule has 2 aliphatic heterocycles. The van der Waals surface area contributed by atoms with E-state index in [0.717, 1.165) is 25.9 Å². The summed E-state index contributed by atoms with van der Waals surface area (Å²) in [4.78, 5) is 32.5. The van der Waals surface area contributed by atoms with Gasteiger partial charge in [-0.2, -0.15) is 0 Å². The summed E-state index contributed by atoms with van der Waals surface area (Å²) in [6.45, 7) is 2.89. The first-order chi connectivity index (χ1) is 11.5. The number of aryl methyl sites for hydroxylation is 1. The summed E-state index contributed by atoms with van der Waals surface area (Å²) in [5.74, 6) is 0.839. The van der Waals surface area contributed by atoms with Crippen LogP contribution in [0.5, 0.6) is 0 Å². The Bertz CT molecular complexity index is 621. The van der Waals surface area contributed by atoms with Crippen molar-refractivity contribution in [2.75, 3.05) is 33.2 Å². The topological polar surface area (TPSA) is 94.2 Å². The van der Waals surface area contributed by atoms with Crippen LogP contribution in [0.1, 0.15) is 31.5 Å². The summed E-state index contributed by atoms with van der Waals surface area (Å²) in [5.41, 5.74) is -0.109. The lowest BCUT2D eigenvalue weighted by Gasteiger charge is -2.49. The van der Waals surface area contributed by atoms with Crippen molar-refractivity contribution in [1.82, 2.24) is 30.3 Å². The lowest BCUT2D eigenvalue weighted by molar-refractivity contribution is -0.136. The highest BCUT2D eigenvalue weighted by Crippen LogP contribution is 2.30. The minimum absolute atomic E-state index is 0.103. The van der Waals surface area contributed by atoms with Crippen molar-refractivity contribution in [2.45, 2.75) is 37.6 Å². The number of hydrogen-bond acceptors (Lipinski definition) is 5. The number of rotatable bonds is 3. The van der Waals surface area contributed by atoms with Crippen LogP contribution in [0, 0.1) is 0 Å². The molecule has 1 aromatic heterocycles. The molecule has 1 aromatic rings. The van der Waals surface area contributed by atoms with E-state index in [1.807, 2.05) is 4.90 Å². The number of halogens is 1. The second kappa shape index (κ2) is 7.06. The molecule has 2 aliphatic rings. The summed E-state index contributed by atoms with van der Waals surface area (Å²) in [6.07, 6.45) is 3.05. The highest BCUT2D eigenvalue weighted by atomic mass is 35.5. The summed E-state index contributed by atoms with van der Waals surface area (Å²) < 4.78 is 0. The molecule has 8 nitrogen and oxygen atoms in total. The van der Waals surface area contributed by atoms with Crippen LogP contribution in [0.15, 0.2) is 0 Å². The zero-order valence-electron chi connectivity index (χ0n) is 13.8. The number of carbonyl (C=O) groups is 2. The van der Waals surface area contributed by atoms with Crippen LogP contribution < -0.4 is 5.32 Å². The molecule has 2 N–H and O–H groups in total. The fourth-order valence-corrected chi connectivity index (χ4v) is 3.72. The molecule has 2 fully saturated rings. The van der Waals surface area contributed by atoms with Gasteiger partial charge in [-0.05, 0) is 31.5 Å². The Morgan fingerprint density at radius 3 is 2.96 bits per heavy atom. The van der Waals surface area contributed by atoms with E-state index in [1.165, 1.54) is 0 Å². The van der Waals surface area contributed by atoms with Gasteiger partial charge in [-0.1, -0.05) is 0 Å². The molecule has 0 unspecified atom stereocenters. The number of H-pyrrole nitrogens is 1. The monoisotopic (exact) mass is 354 g/mol. The molecule has 0 aromatic carbocycles. The average molecular weight is 355 g/mol. The maximum absolute atomic E-state index is 12.6. The van der Waals surface area contributed by atoms with Gasteiger partial charge >= 0.3 is 0 Å². The van der Waals surface area contributed by atoms with Crippen LogP contribution in [0.4, 0.5) is 0 Å². The van der Waals surface area contributed by atoms with Gasteiger partial charge in [0, 0.05) is 51.0 Å². The van der Waals surface area contributed by atoms with Crippen molar-refractivity contribution in [3.63, 3.8) is 0 Å². The minimum atomic E-state index is -0.109. The maximum atomic E-state index is 12.6. The first kappa shape index (κ1) is 17.2. The molecule has 2 amide bonds. The van der Waals surface area contributed by atoms with Crippen LogP contribution >= 0.6 is 11.6 Å². The Balaban J connectivity index is 1.61. The van der Waals surface area contributed by atoms with E-state index in [4.69, 9.17) is 11.6 Å². The van der Waals surface area contributed by atoms with E-state index in [2.05, 4.69) is 32.4 Å². The van der Waals surface area contributed by atoms with Gasteiger partial charge in [0.25, 0.3) is 0 Å². The van der Waals surface area contributed by atoms with Crippen molar-refractivity contribution < 1.29 is 9.59 Å². The smallest absolute Gasteiger partial charge is 0.242 e. The predicted octanol–water partition coefficient (Wildman–Crippen LogP) is 0.204.